The molecule has 48 heavy (non-hydrogen) atoms. The molecule has 0 spiro atoms. The number of morpholine rings is 1. The monoisotopic (exact) mass is 659 g/mol. The molecule has 9 nitrogen and oxygen atoms in total. The van der Waals surface area contributed by atoms with E-state index in [-0.39, 0.29) is 16.7 Å². The SMILES string of the molecule is C[C@H](CO[Si](c1ccccc1)(c1ccccc1)C(C)(C)C)CC(=O)c1ccc2ncc(-c3cc4c(N5CCOCC5)nccc4o3)n2n1. The van der Waals surface area contributed by atoms with Crippen LogP contribution in [0.1, 0.15) is 44.6 Å². The van der Waals surface area contributed by atoms with E-state index in [0.717, 1.165) is 29.9 Å². The molecule has 0 amide bonds. The maximum absolute atomic E-state index is 13.7. The Hall–Kier alpha value is -4.64. The lowest BCUT2D eigenvalue weighted by Gasteiger charge is -2.43. The second-order valence-corrected chi connectivity index (χ2v) is 17.9. The molecule has 10 heteroatoms. The smallest absolute Gasteiger partial charge is 0.261 e. The number of anilines is 1. The summed E-state index contributed by atoms with van der Waals surface area (Å²) in [7, 11) is -2.71. The molecule has 1 aliphatic heterocycles. The fraction of sp³-hybridized carbons (Fsp3) is 0.316. The number of aromatic nitrogens is 4. The number of hydrogen-bond donors (Lipinski definition) is 0. The van der Waals surface area contributed by atoms with Crippen LogP contribution in [0.4, 0.5) is 5.82 Å². The van der Waals surface area contributed by atoms with E-state index in [9.17, 15) is 4.79 Å². The molecule has 0 saturated carbocycles. The van der Waals surface area contributed by atoms with Gasteiger partial charge in [-0.05, 0) is 45.6 Å². The van der Waals surface area contributed by atoms with Crippen LogP contribution in [0, 0.1) is 5.92 Å². The van der Waals surface area contributed by atoms with Gasteiger partial charge < -0.3 is 18.5 Å². The van der Waals surface area contributed by atoms with Crippen molar-refractivity contribution < 1.29 is 18.4 Å². The Labute approximate surface area is 281 Å². The van der Waals surface area contributed by atoms with Crippen molar-refractivity contribution >= 4 is 46.9 Å². The first-order chi connectivity index (χ1) is 23.2. The predicted molar refractivity (Wildman–Crippen MR) is 191 cm³/mol. The van der Waals surface area contributed by atoms with E-state index < -0.39 is 8.32 Å². The van der Waals surface area contributed by atoms with E-state index in [4.69, 9.17) is 18.7 Å². The molecule has 1 saturated heterocycles. The minimum atomic E-state index is -2.71. The topological polar surface area (TPSA) is 95.0 Å². The fourth-order valence-corrected chi connectivity index (χ4v) is 11.5. The molecule has 0 unspecified atom stereocenters. The summed E-state index contributed by atoms with van der Waals surface area (Å²) in [6.45, 7) is 12.2. The Morgan fingerprint density at radius 2 is 1.62 bits per heavy atom. The van der Waals surface area contributed by atoms with Gasteiger partial charge in [0.05, 0.1) is 24.8 Å². The number of benzene rings is 2. The van der Waals surface area contributed by atoms with Crippen molar-refractivity contribution in [3.8, 4) is 11.5 Å². The van der Waals surface area contributed by atoms with E-state index in [1.165, 1.54) is 10.4 Å². The Bertz CT molecular complexity index is 1990. The quantitative estimate of drug-likeness (QED) is 0.128. The largest absolute Gasteiger partial charge is 0.454 e. The summed E-state index contributed by atoms with van der Waals surface area (Å²) in [5.41, 5.74) is 2.42. The van der Waals surface area contributed by atoms with Gasteiger partial charge in [0, 0.05) is 32.3 Å². The number of ketones is 1. The van der Waals surface area contributed by atoms with Crippen LogP contribution in [-0.2, 0) is 9.16 Å². The average molecular weight is 660 g/mol. The molecule has 0 aliphatic carbocycles. The Kier molecular flexibility index (Phi) is 8.72. The Morgan fingerprint density at radius 1 is 0.938 bits per heavy atom. The molecule has 1 aliphatic rings. The molecule has 4 aromatic heterocycles. The highest BCUT2D eigenvalue weighted by molar-refractivity contribution is 6.99. The molecule has 6 aromatic rings. The van der Waals surface area contributed by atoms with Crippen molar-refractivity contribution in [2.75, 3.05) is 37.8 Å². The number of imidazole rings is 1. The summed E-state index contributed by atoms with van der Waals surface area (Å²) < 4.78 is 20.6. The number of carbonyl (C=O) groups excluding carboxylic acids is 1. The second-order valence-electron chi connectivity index (χ2n) is 13.6. The minimum Gasteiger partial charge on any atom is -0.454 e. The number of fused-ring (bicyclic) bond motifs is 2. The molecule has 0 bridgehead atoms. The van der Waals surface area contributed by atoms with Crippen molar-refractivity contribution in [3.63, 3.8) is 0 Å². The van der Waals surface area contributed by atoms with E-state index in [1.54, 1.807) is 23.0 Å². The molecule has 1 fully saturated rings. The molecule has 5 heterocycles. The molecule has 2 aromatic carbocycles. The van der Waals surface area contributed by atoms with Gasteiger partial charge in [-0.2, -0.15) is 5.10 Å². The Morgan fingerprint density at radius 3 is 2.29 bits per heavy atom. The van der Waals surface area contributed by atoms with Gasteiger partial charge in [0.15, 0.2) is 17.2 Å². The van der Waals surface area contributed by atoms with Crippen LogP contribution >= 0.6 is 0 Å². The summed E-state index contributed by atoms with van der Waals surface area (Å²) in [6.07, 6.45) is 3.80. The Balaban J connectivity index is 1.13. The first-order valence-corrected chi connectivity index (χ1v) is 18.5. The van der Waals surface area contributed by atoms with Crippen LogP contribution < -0.4 is 15.3 Å². The van der Waals surface area contributed by atoms with Crippen LogP contribution in [-0.4, -0.2) is 66.6 Å². The fourth-order valence-electron chi connectivity index (χ4n) is 6.80. The first kappa shape index (κ1) is 31.9. The lowest BCUT2D eigenvalue weighted by atomic mass is 10.0. The van der Waals surface area contributed by atoms with Gasteiger partial charge in [0.1, 0.15) is 22.8 Å². The summed E-state index contributed by atoms with van der Waals surface area (Å²) in [6, 6.07) is 28.6. The van der Waals surface area contributed by atoms with Crippen molar-refractivity contribution in [3.05, 3.63) is 103 Å². The zero-order valence-corrected chi connectivity index (χ0v) is 28.9. The number of Topliss-reactive ketones (excluding diaryl/α,β-unsaturated/α-hetero) is 1. The normalized spacial score (nSPS) is 14.9. The van der Waals surface area contributed by atoms with Crippen molar-refractivity contribution in [2.24, 2.45) is 5.92 Å². The standard InChI is InChI=1S/C38H41N5O4Si/c1-27(26-46-48(38(2,3)4,28-11-7-5-8-12-28)29-13-9-6-10-14-29)23-33(44)31-15-16-36-40-25-32(43(36)41-31)35-24-30-34(47-35)17-18-39-37(30)42-19-21-45-22-20-42/h5-18,24-25,27H,19-23,26H2,1-4H3/t27-/m0/s1. The summed E-state index contributed by atoms with van der Waals surface area (Å²) >= 11 is 0. The number of hydrogen-bond acceptors (Lipinski definition) is 8. The number of pyridine rings is 1. The highest BCUT2D eigenvalue weighted by atomic mass is 28.4. The average Bonchev–Trinajstić information content (AvgIpc) is 3.73. The second kappa shape index (κ2) is 13.1. The third-order valence-corrected chi connectivity index (χ3v) is 14.2. The van der Waals surface area contributed by atoms with Gasteiger partial charge in [-0.15, -0.1) is 0 Å². The lowest BCUT2D eigenvalue weighted by molar-refractivity contribution is 0.0940. The van der Waals surface area contributed by atoms with Gasteiger partial charge >= 0.3 is 0 Å². The number of carbonyl (C=O) groups is 1. The maximum Gasteiger partial charge on any atom is 0.261 e. The summed E-state index contributed by atoms with van der Waals surface area (Å²) in [4.78, 5) is 25.1. The maximum atomic E-state index is 13.7. The van der Waals surface area contributed by atoms with E-state index in [0.29, 0.717) is 49.0 Å². The van der Waals surface area contributed by atoms with E-state index >= 15 is 0 Å². The molecule has 0 radical (unpaired) electrons. The van der Waals surface area contributed by atoms with Gasteiger partial charge in [0.2, 0.25) is 0 Å². The number of rotatable bonds is 10. The molecule has 1 atom stereocenters. The van der Waals surface area contributed by atoms with Crippen LogP contribution in [0.25, 0.3) is 28.1 Å². The first-order valence-electron chi connectivity index (χ1n) is 16.6. The highest BCUT2D eigenvalue weighted by Gasteiger charge is 2.50. The predicted octanol–water partition coefficient (Wildman–Crippen LogP) is 6.16. The van der Waals surface area contributed by atoms with Gasteiger partial charge in [-0.1, -0.05) is 88.4 Å². The number of ether oxygens (including phenoxy) is 1. The molecule has 246 valence electrons. The van der Waals surface area contributed by atoms with Crippen molar-refractivity contribution in [1.82, 2.24) is 19.6 Å². The number of nitrogens with zero attached hydrogens (tertiary/aromatic N) is 5. The highest BCUT2D eigenvalue weighted by Crippen LogP contribution is 2.37. The molecular formula is C38H41N5O4Si. The van der Waals surface area contributed by atoms with Crippen LogP contribution in [0.3, 0.4) is 0 Å². The van der Waals surface area contributed by atoms with Crippen molar-refractivity contribution in [2.45, 2.75) is 39.2 Å². The van der Waals surface area contributed by atoms with E-state index in [1.807, 2.05) is 30.3 Å². The molecule has 0 N–H and O–H groups in total. The van der Waals surface area contributed by atoms with Gasteiger partial charge in [-0.25, -0.2) is 14.5 Å². The summed E-state index contributed by atoms with van der Waals surface area (Å²) in [5.74, 6) is 1.42. The lowest BCUT2D eigenvalue weighted by Crippen LogP contribution is -2.66. The van der Waals surface area contributed by atoms with E-state index in [2.05, 4.69) is 91.1 Å². The zero-order chi connectivity index (χ0) is 33.3. The number of furan rings is 1. The minimum absolute atomic E-state index is 0.0274. The van der Waals surface area contributed by atoms with Crippen molar-refractivity contribution in [1.29, 1.82) is 0 Å². The van der Waals surface area contributed by atoms with Crippen LogP contribution in [0.5, 0.6) is 0 Å². The third kappa shape index (κ3) is 5.95. The zero-order valence-electron chi connectivity index (χ0n) is 27.9. The molecular weight excluding hydrogens is 619 g/mol. The van der Waals surface area contributed by atoms with Gasteiger partial charge in [-0.3, -0.25) is 4.79 Å². The summed E-state index contributed by atoms with van der Waals surface area (Å²) in [5, 5.41) is 7.99. The van der Waals surface area contributed by atoms with Gasteiger partial charge in [0.25, 0.3) is 8.32 Å². The third-order valence-electron chi connectivity index (χ3n) is 9.17. The van der Waals surface area contributed by atoms with Crippen LogP contribution in [0.2, 0.25) is 5.04 Å². The van der Waals surface area contributed by atoms with Crippen LogP contribution in [0.15, 0.2) is 102 Å². The molecule has 7 rings (SSSR count).